The highest BCUT2D eigenvalue weighted by atomic mass is 19.4. The molecule has 1 unspecified atom stereocenters. The van der Waals surface area contributed by atoms with Gasteiger partial charge in [-0.1, -0.05) is 13.8 Å². The first-order valence-corrected chi connectivity index (χ1v) is 4.62. The summed E-state index contributed by atoms with van der Waals surface area (Å²) in [5.41, 5.74) is 0. The molecule has 0 rings (SSSR count). The summed E-state index contributed by atoms with van der Waals surface area (Å²) in [6, 6.07) is 0. The van der Waals surface area contributed by atoms with Crippen molar-refractivity contribution in [2.24, 2.45) is 11.8 Å². The minimum absolute atomic E-state index is 0.00690. The summed E-state index contributed by atoms with van der Waals surface area (Å²) in [6.07, 6.45) is -3.79. The standard InChI is InChI=1S/C9H17F3O2/c1-7(2)8(5-13)3-4-14-6-9(10,11)12/h7-8,13H,3-6H2,1-2H3. The Morgan fingerprint density at radius 1 is 1.29 bits per heavy atom. The lowest BCUT2D eigenvalue weighted by Crippen LogP contribution is -2.20. The minimum Gasteiger partial charge on any atom is -0.396 e. The van der Waals surface area contributed by atoms with Gasteiger partial charge in [-0.15, -0.1) is 0 Å². The van der Waals surface area contributed by atoms with E-state index >= 15 is 0 Å². The molecule has 0 radical (unpaired) electrons. The van der Waals surface area contributed by atoms with Gasteiger partial charge in [0.05, 0.1) is 0 Å². The minimum atomic E-state index is -4.26. The molecule has 0 amide bonds. The van der Waals surface area contributed by atoms with Gasteiger partial charge in [0, 0.05) is 13.2 Å². The predicted molar refractivity (Wildman–Crippen MR) is 46.9 cm³/mol. The van der Waals surface area contributed by atoms with E-state index in [4.69, 9.17) is 5.11 Å². The van der Waals surface area contributed by atoms with E-state index in [0.717, 1.165) is 0 Å². The maximum Gasteiger partial charge on any atom is 0.411 e. The van der Waals surface area contributed by atoms with Crippen molar-refractivity contribution in [1.29, 1.82) is 0 Å². The molecule has 14 heavy (non-hydrogen) atoms. The number of hydrogen-bond donors (Lipinski definition) is 1. The molecule has 0 aromatic rings. The van der Waals surface area contributed by atoms with Crippen LogP contribution in [0.5, 0.6) is 0 Å². The number of halogens is 3. The number of rotatable bonds is 6. The average Bonchev–Trinajstić information content (AvgIpc) is 2.01. The van der Waals surface area contributed by atoms with Gasteiger partial charge in [0.25, 0.3) is 0 Å². The molecule has 0 spiro atoms. The van der Waals surface area contributed by atoms with Crippen LogP contribution in [-0.4, -0.2) is 31.1 Å². The van der Waals surface area contributed by atoms with E-state index in [9.17, 15) is 13.2 Å². The molecule has 0 fully saturated rings. The second-order valence-corrected chi connectivity index (χ2v) is 3.64. The normalized spacial score (nSPS) is 14.8. The fraction of sp³-hybridized carbons (Fsp3) is 1.00. The Hall–Kier alpha value is -0.290. The van der Waals surface area contributed by atoms with Crippen molar-refractivity contribution in [3.63, 3.8) is 0 Å². The molecule has 0 aliphatic carbocycles. The Morgan fingerprint density at radius 2 is 1.86 bits per heavy atom. The molecule has 0 aromatic heterocycles. The lowest BCUT2D eigenvalue weighted by Gasteiger charge is -2.18. The fourth-order valence-corrected chi connectivity index (χ4v) is 1.06. The number of aliphatic hydroxyl groups is 1. The Balaban J connectivity index is 3.52. The zero-order valence-electron chi connectivity index (χ0n) is 8.47. The van der Waals surface area contributed by atoms with E-state index in [1.807, 2.05) is 13.8 Å². The summed E-state index contributed by atoms with van der Waals surface area (Å²) in [7, 11) is 0. The van der Waals surface area contributed by atoms with Crippen LogP contribution in [0.4, 0.5) is 13.2 Å². The van der Waals surface area contributed by atoms with E-state index in [-0.39, 0.29) is 25.0 Å². The quantitative estimate of drug-likeness (QED) is 0.687. The number of hydrogen-bond acceptors (Lipinski definition) is 2. The Bertz CT molecular complexity index is 145. The van der Waals surface area contributed by atoms with Gasteiger partial charge < -0.3 is 9.84 Å². The fourth-order valence-electron chi connectivity index (χ4n) is 1.06. The van der Waals surface area contributed by atoms with Crippen molar-refractivity contribution in [3.05, 3.63) is 0 Å². The second kappa shape index (κ2) is 6.24. The Kier molecular flexibility index (Phi) is 6.11. The third kappa shape index (κ3) is 7.15. The van der Waals surface area contributed by atoms with Crippen LogP contribution in [-0.2, 0) is 4.74 Å². The molecular weight excluding hydrogens is 197 g/mol. The summed E-state index contributed by atoms with van der Waals surface area (Å²) in [4.78, 5) is 0. The maximum atomic E-state index is 11.6. The van der Waals surface area contributed by atoms with Crippen molar-refractivity contribution in [1.82, 2.24) is 0 Å². The predicted octanol–water partition coefficient (Wildman–Crippen LogP) is 2.22. The Labute approximate surface area is 82.1 Å². The molecule has 86 valence electrons. The highest BCUT2D eigenvalue weighted by Crippen LogP contribution is 2.17. The van der Waals surface area contributed by atoms with Crippen molar-refractivity contribution in [2.45, 2.75) is 26.4 Å². The van der Waals surface area contributed by atoms with Crippen molar-refractivity contribution >= 4 is 0 Å². The van der Waals surface area contributed by atoms with E-state index in [1.165, 1.54) is 0 Å². The van der Waals surface area contributed by atoms with Crippen LogP contribution in [0.3, 0.4) is 0 Å². The van der Waals surface area contributed by atoms with Crippen molar-refractivity contribution < 1.29 is 23.0 Å². The third-order valence-electron chi connectivity index (χ3n) is 2.08. The molecular formula is C9H17F3O2. The lowest BCUT2D eigenvalue weighted by molar-refractivity contribution is -0.174. The molecule has 2 nitrogen and oxygen atoms in total. The van der Waals surface area contributed by atoms with Crippen LogP contribution in [0.25, 0.3) is 0 Å². The smallest absolute Gasteiger partial charge is 0.396 e. The van der Waals surface area contributed by atoms with Crippen LogP contribution in [0, 0.1) is 11.8 Å². The van der Waals surface area contributed by atoms with E-state index in [0.29, 0.717) is 6.42 Å². The third-order valence-corrected chi connectivity index (χ3v) is 2.08. The highest BCUT2D eigenvalue weighted by Gasteiger charge is 2.27. The van der Waals surface area contributed by atoms with Gasteiger partial charge in [-0.25, -0.2) is 0 Å². The molecule has 0 saturated carbocycles. The summed E-state index contributed by atoms with van der Waals surface area (Å²) in [5, 5.41) is 8.88. The van der Waals surface area contributed by atoms with Gasteiger partial charge >= 0.3 is 6.18 Å². The summed E-state index contributed by atoms with van der Waals surface area (Å²) in [5.74, 6) is 0.276. The van der Waals surface area contributed by atoms with E-state index in [1.54, 1.807) is 0 Å². The SMILES string of the molecule is CC(C)C(CO)CCOCC(F)(F)F. The molecule has 1 N–H and O–H groups in total. The molecule has 0 heterocycles. The topological polar surface area (TPSA) is 29.5 Å². The van der Waals surface area contributed by atoms with Gasteiger partial charge in [0.15, 0.2) is 0 Å². The van der Waals surface area contributed by atoms with Gasteiger partial charge in [-0.2, -0.15) is 13.2 Å². The first-order chi connectivity index (χ1) is 6.37. The zero-order chi connectivity index (χ0) is 11.2. The maximum absolute atomic E-state index is 11.6. The first-order valence-electron chi connectivity index (χ1n) is 4.62. The van der Waals surface area contributed by atoms with Crippen LogP contribution < -0.4 is 0 Å². The molecule has 0 aromatic carbocycles. The molecule has 5 heteroatoms. The largest absolute Gasteiger partial charge is 0.411 e. The van der Waals surface area contributed by atoms with Crippen LogP contribution >= 0.6 is 0 Å². The molecule has 0 aliphatic rings. The van der Waals surface area contributed by atoms with Gasteiger partial charge in [0.1, 0.15) is 6.61 Å². The summed E-state index contributed by atoms with van der Waals surface area (Å²) < 4.78 is 39.4. The number of aliphatic hydroxyl groups excluding tert-OH is 1. The monoisotopic (exact) mass is 214 g/mol. The molecule has 0 bridgehead atoms. The summed E-state index contributed by atoms with van der Waals surface area (Å²) in [6.45, 7) is 2.68. The molecule has 0 saturated heterocycles. The van der Waals surface area contributed by atoms with E-state index in [2.05, 4.69) is 4.74 Å². The molecule has 0 aliphatic heterocycles. The second-order valence-electron chi connectivity index (χ2n) is 3.64. The van der Waals surface area contributed by atoms with Gasteiger partial charge in [-0.3, -0.25) is 0 Å². The lowest BCUT2D eigenvalue weighted by atomic mass is 9.94. The first kappa shape index (κ1) is 13.7. The average molecular weight is 214 g/mol. The highest BCUT2D eigenvalue weighted by molar-refractivity contribution is 4.61. The molecule has 1 atom stereocenters. The van der Waals surface area contributed by atoms with Crippen molar-refractivity contribution in [3.8, 4) is 0 Å². The van der Waals surface area contributed by atoms with Crippen molar-refractivity contribution in [2.75, 3.05) is 19.8 Å². The van der Waals surface area contributed by atoms with Crippen LogP contribution in [0.1, 0.15) is 20.3 Å². The van der Waals surface area contributed by atoms with Crippen LogP contribution in [0.2, 0.25) is 0 Å². The van der Waals surface area contributed by atoms with Gasteiger partial charge in [-0.05, 0) is 18.3 Å². The number of alkyl halides is 3. The van der Waals surface area contributed by atoms with Gasteiger partial charge in [0.2, 0.25) is 0 Å². The Morgan fingerprint density at radius 3 is 2.21 bits per heavy atom. The van der Waals surface area contributed by atoms with E-state index < -0.39 is 12.8 Å². The number of ether oxygens (including phenoxy) is 1. The van der Waals surface area contributed by atoms with Crippen LogP contribution in [0.15, 0.2) is 0 Å². The zero-order valence-corrected chi connectivity index (χ0v) is 8.47. The summed E-state index contributed by atoms with van der Waals surface area (Å²) >= 11 is 0.